The smallest absolute Gasteiger partial charge is 0.274 e. The van der Waals surface area contributed by atoms with Gasteiger partial charge in [-0.3, -0.25) is 9.52 Å². The van der Waals surface area contributed by atoms with Gasteiger partial charge in [-0.2, -0.15) is 0 Å². The first-order valence-electron chi connectivity index (χ1n) is 4.83. The number of rotatable bonds is 4. The number of hydrogen-bond acceptors (Lipinski definition) is 4. The van der Waals surface area contributed by atoms with Crippen molar-refractivity contribution in [2.45, 2.75) is 13.0 Å². The predicted octanol–water partition coefficient (Wildman–Crippen LogP) is 1.84. The molecule has 0 heterocycles. The van der Waals surface area contributed by atoms with Gasteiger partial charge in [-0.15, -0.1) is 0 Å². The van der Waals surface area contributed by atoms with E-state index in [1.807, 2.05) is 0 Å². The standard InChI is InChI=1S/C10H11Cl2NO4S/c1-6(10(14)13-18(2,15)16)17-8-5-3-4-7(11)9(8)12/h3-6H,1-2H3,(H,13,14). The SMILES string of the molecule is CC(Oc1cccc(Cl)c1Cl)C(=O)NS(C)(=O)=O. The predicted molar refractivity (Wildman–Crippen MR) is 69.5 cm³/mol. The zero-order chi connectivity index (χ0) is 13.9. The molecule has 1 aromatic carbocycles. The number of nitrogens with one attached hydrogen (secondary N) is 1. The fourth-order valence-electron chi connectivity index (χ4n) is 1.08. The summed E-state index contributed by atoms with van der Waals surface area (Å²) in [5.41, 5.74) is 0. The summed E-state index contributed by atoms with van der Waals surface area (Å²) in [5.74, 6) is -0.575. The Bertz CT molecular complexity index is 559. The maximum Gasteiger partial charge on any atom is 0.274 e. The van der Waals surface area contributed by atoms with Crippen molar-refractivity contribution in [2.75, 3.05) is 6.26 Å². The second kappa shape index (κ2) is 5.77. The van der Waals surface area contributed by atoms with Gasteiger partial charge in [0.25, 0.3) is 5.91 Å². The molecule has 0 fully saturated rings. The van der Waals surface area contributed by atoms with E-state index in [1.54, 1.807) is 16.9 Å². The van der Waals surface area contributed by atoms with Crippen molar-refractivity contribution in [3.8, 4) is 5.75 Å². The molecule has 0 aliphatic rings. The largest absolute Gasteiger partial charge is 0.479 e. The average Bonchev–Trinajstić information content (AvgIpc) is 2.22. The van der Waals surface area contributed by atoms with E-state index in [2.05, 4.69) is 0 Å². The van der Waals surface area contributed by atoms with Crippen molar-refractivity contribution in [1.29, 1.82) is 0 Å². The zero-order valence-electron chi connectivity index (χ0n) is 9.61. The van der Waals surface area contributed by atoms with E-state index in [4.69, 9.17) is 27.9 Å². The number of sulfonamides is 1. The Morgan fingerprint density at radius 3 is 2.56 bits per heavy atom. The Balaban J connectivity index is 2.79. The van der Waals surface area contributed by atoms with Gasteiger partial charge in [0, 0.05) is 0 Å². The second-order valence-electron chi connectivity index (χ2n) is 3.55. The lowest BCUT2D eigenvalue weighted by atomic mass is 10.3. The Labute approximate surface area is 115 Å². The summed E-state index contributed by atoms with van der Waals surface area (Å²) in [4.78, 5) is 11.5. The van der Waals surface area contributed by atoms with Crippen molar-refractivity contribution in [3.05, 3.63) is 28.2 Å². The van der Waals surface area contributed by atoms with Crippen LogP contribution in [0.2, 0.25) is 10.0 Å². The number of carbonyl (C=O) groups excluding carboxylic acids is 1. The van der Waals surface area contributed by atoms with Gasteiger partial charge in [0.15, 0.2) is 6.10 Å². The van der Waals surface area contributed by atoms with Crippen molar-refractivity contribution >= 4 is 39.1 Å². The quantitative estimate of drug-likeness (QED) is 0.921. The van der Waals surface area contributed by atoms with Gasteiger partial charge in [-0.25, -0.2) is 8.42 Å². The van der Waals surface area contributed by atoms with Crippen LogP contribution in [0.5, 0.6) is 5.75 Å². The highest BCUT2D eigenvalue weighted by molar-refractivity contribution is 7.89. The molecule has 8 heteroatoms. The third-order valence-corrected chi connectivity index (χ3v) is 3.25. The van der Waals surface area contributed by atoms with Gasteiger partial charge in [-0.1, -0.05) is 29.3 Å². The van der Waals surface area contributed by atoms with E-state index in [1.165, 1.54) is 13.0 Å². The maximum atomic E-state index is 11.5. The molecule has 100 valence electrons. The first kappa shape index (κ1) is 15.1. The summed E-state index contributed by atoms with van der Waals surface area (Å²) in [6.45, 7) is 1.40. The van der Waals surface area contributed by atoms with Crippen LogP contribution < -0.4 is 9.46 Å². The molecule has 1 unspecified atom stereocenters. The number of amides is 1. The number of hydrogen-bond donors (Lipinski definition) is 1. The molecule has 5 nitrogen and oxygen atoms in total. The molecule has 1 atom stereocenters. The summed E-state index contributed by atoms with van der Waals surface area (Å²) in [5, 5.41) is 0.447. The molecule has 1 N–H and O–H groups in total. The summed E-state index contributed by atoms with van der Waals surface area (Å²) in [7, 11) is -3.62. The normalized spacial score (nSPS) is 12.9. The van der Waals surface area contributed by atoms with Crippen molar-refractivity contribution in [1.82, 2.24) is 4.72 Å². The molecule has 18 heavy (non-hydrogen) atoms. The minimum Gasteiger partial charge on any atom is -0.479 e. The highest BCUT2D eigenvalue weighted by Crippen LogP contribution is 2.32. The topological polar surface area (TPSA) is 72.5 Å². The molecule has 1 aromatic rings. The summed E-state index contributed by atoms with van der Waals surface area (Å²) in [6.07, 6.45) is -0.139. The fourth-order valence-corrected chi connectivity index (χ4v) is 1.95. The van der Waals surface area contributed by atoms with Gasteiger partial charge < -0.3 is 4.74 Å². The lowest BCUT2D eigenvalue weighted by molar-refractivity contribution is -0.125. The Kier molecular flexibility index (Phi) is 4.84. The van der Waals surface area contributed by atoms with E-state index in [-0.39, 0.29) is 15.8 Å². The third-order valence-electron chi connectivity index (χ3n) is 1.88. The van der Waals surface area contributed by atoms with Gasteiger partial charge in [0.2, 0.25) is 10.0 Å². The van der Waals surface area contributed by atoms with Crippen LogP contribution in [0.3, 0.4) is 0 Å². The van der Waals surface area contributed by atoms with Crippen LogP contribution >= 0.6 is 23.2 Å². The molecule has 0 aromatic heterocycles. The molecule has 0 spiro atoms. The molecule has 1 rings (SSSR count). The Morgan fingerprint density at radius 2 is 2.00 bits per heavy atom. The van der Waals surface area contributed by atoms with Crippen LogP contribution in [-0.2, 0) is 14.8 Å². The number of carbonyl (C=O) groups is 1. The highest BCUT2D eigenvalue weighted by Gasteiger charge is 2.19. The van der Waals surface area contributed by atoms with Crippen LogP contribution in [0.25, 0.3) is 0 Å². The van der Waals surface area contributed by atoms with Crippen molar-refractivity contribution < 1.29 is 17.9 Å². The second-order valence-corrected chi connectivity index (χ2v) is 6.08. The fraction of sp³-hybridized carbons (Fsp3) is 0.300. The van der Waals surface area contributed by atoms with Gasteiger partial charge in [0.1, 0.15) is 10.8 Å². The van der Waals surface area contributed by atoms with Gasteiger partial charge >= 0.3 is 0 Å². The van der Waals surface area contributed by atoms with Crippen LogP contribution in [0.15, 0.2) is 18.2 Å². The number of ether oxygens (including phenoxy) is 1. The molecule has 1 amide bonds. The van der Waals surface area contributed by atoms with Crippen LogP contribution in [0.1, 0.15) is 6.92 Å². The van der Waals surface area contributed by atoms with Crippen molar-refractivity contribution in [3.63, 3.8) is 0 Å². The third kappa shape index (κ3) is 4.36. The molecule has 0 aliphatic heterocycles. The van der Waals surface area contributed by atoms with E-state index < -0.39 is 22.0 Å². The molecular weight excluding hydrogens is 301 g/mol. The van der Waals surface area contributed by atoms with Crippen LogP contribution in [0.4, 0.5) is 0 Å². The minimum atomic E-state index is -3.62. The summed E-state index contributed by atoms with van der Waals surface area (Å²) in [6, 6.07) is 4.70. The van der Waals surface area contributed by atoms with Gasteiger partial charge in [-0.05, 0) is 19.1 Å². The number of halogens is 2. The molecule has 0 bridgehead atoms. The molecule has 0 aliphatic carbocycles. The lowest BCUT2D eigenvalue weighted by Crippen LogP contribution is -2.39. The zero-order valence-corrected chi connectivity index (χ0v) is 11.9. The Hall–Kier alpha value is -0.980. The summed E-state index contributed by atoms with van der Waals surface area (Å²) < 4.78 is 28.8. The Morgan fingerprint density at radius 1 is 1.39 bits per heavy atom. The van der Waals surface area contributed by atoms with Crippen molar-refractivity contribution in [2.24, 2.45) is 0 Å². The van der Waals surface area contributed by atoms with E-state index in [9.17, 15) is 13.2 Å². The number of benzene rings is 1. The molecule has 0 saturated heterocycles. The molecular formula is C10H11Cl2NO4S. The van der Waals surface area contributed by atoms with E-state index in [0.29, 0.717) is 0 Å². The monoisotopic (exact) mass is 311 g/mol. The average molecular weight is 312 g/mol. The maximum absolute atomic E-state index is 11.5. The highest BCUT2D eigenvalue weighted by atomic mass is 35.5. The molecule has 0 saturated carbocycles. The van der Waals surface area contributed by atoms with Crippen LogP contribution in [0, 0.1) is 0 Å². The first-order valence-corrected chi connectivity index (χ1v) is 7.48. The van der Waals surface area contributed by atoms with E-state index in [0.717, 1.165) is 6.26 Å². The lowest BCUT2D eigenvalue weighted by Gasteiger charge is -2.15. The summed E-state index contributed by atoms with van der Waals surface area (Å²) >= 11 is 11.6. The molecule has 0 radical (unpaired) electrons. The minimum absolute atomic E-state index is 0.165. The van der Waals surface area contributed by atoms with Gasteiger partial charge in [0.05, 0.1) is 11.3 Å². The van der Waals surface area contributed by atoms with E-state index >= 15 is 0 Å². The van der Waals surface area contributed by atoms with Crippen LogP contribution in [-0.4, -0.2) is 26.7 Å². The first-order chi connectivity index (χ1) is 8.20.